The van der Waals surface area contributed by atoms with E-state index in [4.69, 9.17) is 0 Å². The van der Waals surface area contributed by atoms with Gasteiger partial charge in [0, 0.05) is 12.8 Å². The van der Waals surface area contributed by atoms with Gasteiger partial charge in [0.25, 0.3) is 0 Å². The molecule has 0 aromatic rings. The molecular weight excluding hydrogens is 148 g/mol. The Bertz CT molecular complexity index is 97.6. The second kappa shape index (κ2) is 8.76. The first-order valence-corrected chi connectivity index (χ1v) is 5.33. The molecule has 1 rings (SSSR count). The molecule has 12 heavy (non-hydrogen) atoms. The molecule has 1 nitrogen and oxygen atoms in total. The Morgan fingerprint density at radius 1 is 1.00 bits per heavy atom. The Balaban J connectivity index is 0.000000217. The van der Waals surface area contributed by atoms with Crippen LogP contribution in [-0.4, -0.2) is 5.78 Å². The molecule has 0 amide bonds. The normalized spacial score (nSPS) is 16.7. The molecular formula is C11H22O. The summed E-state index contributed by atoms with van der Waals surface area (Å²) in [6.07, 6.45) is 9.32. The van der Waals surface area contributed by atoms with Crippen molar-refractivity contribution in [1.29, 1.82) is 0 Å². The average molecular weight is 170 g/mol. The number of unbranched alkanes of at least 4 members (excludes halogenated alkanes) is 2. The van der Waals surface area contributed by atoms with Crippen molar-refractivity contribution in [3.05, 3.63) is 0 Å². The maximum atomic E-state index is 10.5. The molecule has 1 heteroatoms. The zero-order valence-corrected chi connectivity index (χ0v) is 8.57. The van der Waals surface area contributed by atoms with Crippen molar-refractivity contribution in [2.24, 2.45) is 0 Å². The van der Waals surface area contributed by atoms with Gasteiger partial charge >= 0.3 is 0 Å². The molecule has 0 aromatic carbocycles. The Labute approximate surface area is 76.6 Å². The highest BCUT2D eigenvalue weighted by atomic mass is 16.1. The lowest BCUT2D eigenvalue weighted by Gasteiger charge is -2.05. The van der Waals surface area contributed by atoms with Crippen molar-refractivity contribution < 1.29 is 4.79 Å². The quantitative estimate of drug-likeness (QED) is 0.617. The average Bonchev–Trinajstić information content (AvgIpc) is 2.08. The molecule has 0 aromatic heterocycles. The van der Waals surface area contributed by atoms with Gasteiger partial charge in [-0.15, -0.1) is 0 Å². The highest BCUT2D eigenvalue weighted by molar-refractivity contribution is 5.78. The summed E-state index contributed by atoms with van der Waals surface area (Å²) in [6, 6.07) is 0. The first kappa shape index (κ1) is 11.7. The SMILES string of the molecule is CCCCC.O=C1CCCCC1. The largest absolute Gasteiger partial charge is 0.300 e. The number of carbonyl (C=O) groups excluding carboxylic acids is 1. The van der Waals surface area contributed by atoms with Crippen LogP contribution < -0.4 is 0 Å². The van der Waals surface area contributed by atoms with E-state index in [-0.39, 0.29) is 0 Å². The summed E-state index contributed by atoms with van der Waals surface area (Å²) in [5, 5.41) is 0. The van der Waals surface area contributed by atoms with E-state index in [0.29, 0.717) is 5.78 Å². The second-order valence-corrected chi connectivity index (χ2v) is 3.45. The van der Waals surface area contributed by atoms with Crippen LogP contribution in [0.15, 0.2) is 0 Å². The van der Waals surface area contributed by atoms with Crippen molar-refractivity contribution in [2.45, 2.75) is 65.2 Å². The first-order chi connectivity index (χ1) is 5.81. The number of rotatable bonds is 2. The minimum Gasteiger partial charge on any atom is -0.300 e. The third-order valence-electron chi connectivity index (χ3n) is 2.12. The van der Waals surface area contributed by atoms with Crippen molar-refractivity contribution in [3.63, 3.8) is 0 Å². The third kappa shape index (κ3) is 7.77. The fourth-order valence-electron chi connectivity index (χ4n) is 1.30. The van der Waals surface area contributed by atoms with E-state index in [0.717, 1.165) is 25.7 Å². The molecule has 0 atom stereocenters. The van der Waals surface area contributed by atoms with E-state index in [1.54, 1.807) is 0 Å². The molecule has 0 N–H and O–H groups in total. The molecule has 1 fully saturated rings. The predicted octanol–water partition coefficient (Wildman–Crippen LogP) is 3.72. The zero-order chi connectivity index (χ0) is 9.23. The van der Waals surface area contributed by atoms with Crippen LogP contribution in [0.2, 0.25) is 0 Å². The van der Waals surface area contributed by atoms with Crippen LogP contribution in [0.5, 0.6) is 0 Å². The highest BCUT2D eigenvalue weighted by Crippen LogP contribution is 2.12. The molecule has 0 heterocycles. The number of ketones is 1. The molecule has 1 aliphatic carbocycles. The van der Waals surface area contributed by atoms with Gasteiger partial charge in [0.05, 0.1) is 0 Å². The minimum absolute atomic E-state index is 0.464. The van der Waals surface area contributed by atoms with Gasteiger partial charge in [-0.3, -0.25) is 4.79 Å². The fraction of sp³-hybridized carbons (Fsp3) is 0.909. The predicted molar refractivity (Wildman–Crippen MR) is 53.3 cm³/mol. The van der Waals surface area contributed by atoms with E-state index in [9.17, 15) is 4.79 Å². The van der Waals surface area contributed by atoms with Crippen LogP contribution in [0, 0.1) is 0 Å². The Hall–Kier alpha value is -0.330. The number of carbonyl (C=O) groups is 1. The second-order valence-electron chi connectivity index (χ2n) is 3.45. The molecule has 0 bridgehead atoms. The molecule has 1 aliphatic rings. The van der Waals surface area contributed by atoms with Crippen LogP contribution in [-0.2, 0) is 4.79 Å². The smallest absolute Gasteiger partial charge is 0.132 e. The van der Waals surface area contributed by atoms with E-state index in [1.165, 1.54) is 25.7 Å². The van der Waals surface area contributed by atoms with Crippen LogP contribution >= 0.6 is 0 Å². The Kier molecular flexibility index (Phi) is 8.52. The van der Waals surface area contributed by atoms with Crippen LogP contribution in [0.4, 0.5) is 0 Å². The van der Waals surface area contributed by atoms with E-state index < -0.39 is 0 Å². The summed E-state index contributed by atoms with van der Waals surface area (Å²) in [4.78, 5) is 10.5. The lowest BCUT2D eigenvalue weighted by atomic mass is 10.00. The lowest BCUT2D eigenvalue weighted by molar-refractivity contribution is -0.120. The molecule has 0 spiro atoms. The third-order valence-corrected chi connectivity index (χ3v) is 2.12. The fourth-order valence-corrected chi connectivity index (χ4v) is 1.30. The van der Waals surface area contributed by atoms with Gasteiger partial charge in [0.15, 0.2) is 0 Å². The van der Waals surface area contributed by atoms with Gasteiger partial charge in [0.1, 0.15) is 5.78 Å². The maximum absolute atomic E-state index is 10.5. The van der Waals surface area contributed by atoms with Gasteiger partial charge in [-0.2, -0.15) is 0 Å². The number of hydrogen-bond donors (Lipinski definition) is 0. The first-order valence-electron chi connectivity index (χ1n) is 5.33. The summed E-state index contributed by atoms with van der Waals surface area (Å²) in [5.74, 6) is 0.464. The van der Waals surface area contributed by atoms with Crippen molar-refractivity contribution in [1.82, 2.24) is 0 Å². The highest BCUT2D eigenvalue weighted by Gasteiger charge is 2.05. The molecule has 0 saturated heterocycles. The standard InChI is InChI=1S/C6H10O.C5H12/c7-6-4-2-1-3-5-6;1-3-5-4-2/h1-5H2;3-5H2,1-2H3. The maximum Gasteiger partial charge on any atom is 0.132 e. The Morgan fingerprint density at radius 2 is 1.50 bits per heavy atom. The number of Topliss-reactive ketones (excluding diaryl/α,β-unsaturated/α-hetero) is 1. The van der Waals surface area contributed by atoms with Gasteiger partial charge < -0.3 is 0 Å². The van der Waals surface area contributed by atoms with Crippen molar-refractivity contribution in [3.8, 4) is 0 Å². The van der Waals surface area contributed by atoms with Gasteiger partial charge in [-0.25, -0.2) is 0 Å². The van der Waals surface area contributed by atoms with Crippen LogP contribution in [0.1, 0.15) is 65.2 Å². The van der Waals surface area contributed by atoms with Crippen LogP contribution in [0.3, 0.4) is 0 Å². The van der Waals surface area contributed by atoms with Gasteiger partial charge in [0.2, 0.25) is 0 Å². The summed E-state index contributed by atoms with van der Waals surface area (Å²) < 4.78 is 0. The van der Waals surface area contributed by atoms with Gasteiger partial charge in [-0.1, -0.05) is 39.5 Å². The molecule has 72 valence electrons. The molecule has 0 unspecified atom stereocenters. The lowest BCUT2D eigenvalue weighted by Crippen LogP contribution is -2.02. The topological polar surface area (TPSA) is 17.1 Å². The zero-order valence-electron chi connectivity index (χ0n) is 8.57. The van der Waals surface area contributed by atoms with E-state index in [1.807, 2.05) is 0 Å². The van der Waals surface area contributed by atoms with E-state index >= 15 is 0 Å². The van der Waals surface area contributed by atoms with Crippen molar-refractivity contribution in [2.75, 3.05) is 0 Å². The molecule has 0 radical (unpaired) electrons. The van der Waals surface area contributed by atoms with E-state index in [2.05, 4.69) is 13.8 Å². The molecule has 1 saturated carbocycles. The summed E-state index contributed by atoms with van der Waals surface area (Å²) in [7, 11) is 0. The number of hydrogen-bond acceptors (Lipinski definition) is 1. The van der Waals surface area contributed by atoms with Gasteiger partial charge in [-0.05, 0) is 12.8 Å². The summed E-state index contributed by atoms with van der Waals surface area (Å²) in [6.45, 7) is 4.42. The summed E-state index contributed by atoms with van der Waals surface area (Å²) >= 11 is 0. The van der Waals surface area contributed by atoms with Crippen LogP contribution in [0.25, 0.3) is 0 Å². The summed E-state index contributed by atoms with van der Waals surface area (Å²) in [5.41, 5.74) is 0. The minimum atomic E-state index is 0.464. The van der Waals surface area contributed by atoms with Crippen molar-refractivity contribution >= 4 is 5.78 Å². The molecule has 0 aliphatic heterocycles. The Morgan fingerprint density at radius 3 is 1.67 bits per heavy atom. The monoisotopic (exact) mass is 170 g/mol.